The summed E-state index contributed by atoms with van der Waals surface area (Å²) in [6, 6.07) is 13.9. The van der Waals surface area contributed by atoms with Crippen molar-refractivity contribution in [2.24, 2.45) is 10.7 Å². The Morgan fingerprint density at radius 1 is 1.27 bits per heavy atom. The Labute approximate surface area is 173 Å². The van der Waals surface area contributed by atoms with Crippen LogP contribution in [0.15, 0.2) is 57.4 Å². The SMILES string of the molecule is CC(CN=C(N)NCCc1cccs1)c1nc(-c2ccccc2)no1.I. The van der Waals surface area contributed by atoms with Gasteiger partial charge < -0.3 is 15.6 Å². The standard InChI is InChI=1S/C18H21N5OS.HI/c1-13(12-21-18(19)20-10-9-15-8-5-11-25-15)17-22-16(23-24-17)14-6-3-2-4-7-14;/h2-8,11,13H,9-10,12H2,1H3,(H3,19,20,21);1H. The van der Waals surface area contributed by atoms with E-state index in [1.165, 1.54) is 4.88 Å². The average molecular weight is 483 g/mol. The van der Waals surface area contributed by atoms with Gasteiger partial charge in [-0.15, -0.1) is 35.3 Å². The van der Waals surface area contributed by atoms with E-state index in [4.69, 9.17) is 10.3 Å². The molecular weight excluding hydrogens is 461 g/mol. The van der Waals surface area contributed by atoms with Crippen LogP contribution in [0.25, 0.3) is 11.4 Å². The maximum absolute atomic E-state index is 5.91. The van der Waals surface area contributed by atoms with Gasteiger partial charge in [0.25, 0.3) is 0 Å². The van der Waals surface area contributed by atoms with Crippen LogP contribution in [0.4, 0.5) is 0 Å². The number of thiophene rings is 1. The molecular formula is C18H22IN5OS. The van der Waals surface area contributed by atoms with Crippen LogP contribution >= 0.6 is 35.3 Å². The zero-order chi connectivity index (χ0) is 17.5. The van der Waals surface area contributed by atoms with E-state index in [0.717, 1.165) is 18.5 Å². The van der Waals surface area contributed by atoms with Crippen molar-refractivity contribution in [3.63, 3.8) is 0 Å². The van der Waals surface area contributed by atoms with Crippen molar-refractivity contribution >= 4 is 41.3 Å². The molecule has 3 aromatic rings. The first-order valence-electron chi connectivity index (χ1n) is 8.17. The Kier molecular flexibility index (Phi) is 8.05. The molecule has 0 aliphatic carbocycles. The molecule has 0 aliphatic rings. The third-order valence-corrected chi connectivity index (χ3v) is 4.62. The zero-order valence-electron chi connectivity index (χ0n) is 14.5. The van der Waals surface area contributed by atoms with Gasteiger partial charge >= 0.3 is 0 Å². The van der Waals surface area contributed by atoms with Gasteiger partial charge in [0.1, 0.15) is 0 Å². The minimum absolute atomic E-state index is 0. The van der Waals surface area contributed by atoms with Gasteiger partial charge in [-0.2, -0.15) is 4.98 Å². The van der Waals surface area contributed by atoms with Crippen LogP contribution in [0.2, 0.25) is 0 Å². The molecule has 2 heterocycles. The summed E-state index contributed by atoms with van der Waals surface area (Å²) in [6.45, 7) is 3.25. The number of rotatable bonds is 7. The molecule has 2 aromatic heterocycles. The van der Waals surface area contributed by atoms with Gasteiger partial charge in [-0.25, -0.2) is 0 Å². The van der Waals surface area contributed by atoms with Crippen LogP contribution in [0.5, 0.6) is 0 Å². The smallest absolute Gasteiger partial charge is 0.231 e. The van der Waals surface area contributed by atoms with Crippen molar-refractivity contribution in [2.75, 3.05) is 13.1 Å². The maximum Gasteiger partial charge on any atom is 0.231 e. The Bertz CT molecular complexity index is 804. The predicted octanol–water partition coefficient (Wildman–Crippen LogP) is 3.67. The fourth-order valence-corrected chi connectivity index (χ4v) is 2.99. The Morgan fingerprint density at radius 3 is 2.81 bits per heavy atom. The minimum Gasteiger partial charge on any atom is -0.370 e. The van der Waals surface area contributed by atoms with Crippen LogP contribution in [0.1, 0.15) is 23.6 Å². The topological polar surface area (TPSA) is 89.3 Å². The first-order chi connectivity index (χ1) is 12.2. The highest BCUT2D eigenvalue weighted by atomic mass is 127. The number of nitrogens with two attached hydrogens (primary N) is 1. The van der Waals surface area contributed by atoms with E-state index < -0.39 is 0 Å². The quantitative estimate of drug-likeness (QED) is 0.304. The van der Waals surface area contributed by atoms with E-state index in [2.05, 4.69) is 31.9 Å². The molecule has 3 rings (SSSR count). The Morgan fingerprint density at radius 2 is 2.08 bits per heavy atom. The summed E-state index contributed by atoms with van der Waals surface area (Å²) in [5.41, 5.74) is 6.84. The molecule has 1 unspecified atom stereocenters. The van der Waals surface area contributed by atoms with E-state index in [1.807, 2.05) is 43.3 Å². The second-order valence-electron chi connectivity index (χ2n) is 5.71. The molecule has 1 aromatic carbocycles. The van der Waals surface area contributed by atoms with Gasteiger partial charge in [0.15, 0.2) is 5.96 Å². The van der Waals surface area contributed by atoms with Crippen LogP contribution in [0, 0.1) is 0 Å². The average Bonchev–Trinajstić information content (AvgIpc) is 3.32. The number of aromatic nitrogens is 2. The fourth-order valence-electron chi connectivity index (χ4n) is 2.28. The molecule has 0 amide bonds. The maximum atomic E-state index is 5.91. The molecule has 8 heteroatoms. The number of benzene rings is 1. The summed E-state index contributed by atoms with van der Waals surface area (Å²) in [5, 5.41) is 9.23. The van der Waals surface area contributed by atoms with E-state index in [1.54, 1.807) is 11.3 Å². The highest BCUT2D eigenvalue weighted by Gasteiger charge is 2.15. The highest BCUT2D eigenvalue weighted by molar-refractivity contribution is 14.0. The van der Waals surface area contributed by atoms with Gasteiger partial charge in [-0.1, -0.05) is 48.5 Å². The normalized spacial score (nSPS) is 12.4. The van der Waals surface area contributed by atoms with Crippen LogP contribution in [-0.2, 0) is 6.42 Å². The first kappa shape index (κ1) is 20.4. The summed E-state index contributed by atoms with van der Waals surface area (Å²) in [7, 11) is 0. The molecule has 0 fully saturated rings. The second kappa shape index (κ2) is 10.3. The molecule has 0 bridgehead atoms. The lowest BCUT2D eigenvalue weighted by Gasteiger charge is -2.06. The molecule has 0 radical (unpaired) electrons. The Balaban J connectivity index is 0.00000243. The zero-order valence-corrected chi connectivity index (χ0v) is 17.6. The highest BCUT2D eigenvalue weighted by Crippen LogP contribution is 2.19. The van der Waals surface area contributed by atoms with Gasteiger partial charge in [0, 0.05) is 17.0 Å². The lowest BCUT2D eigenvalue weighted by atomic mass is 10.2. The minimum atomic E-state index is 0. The fraction of sp³-hybridized carbons (Fsp3) is 0.278. The number of hydrogen-bond acceptors (Lipinski definition) is 5. The number of halogens is 1. The van der Waals surface area contributed by atoms with Crippen molar-refractivity contribution < 1.29 is 4.52 Å². The summed E-state index contributed by atoms with van der Waals surface area (Å²) in [6.07, 6.45) is 0.938. The van der Waals surface area contributed by atoms with Crippen molar-refractivity contribution in [1.29, 1.82) is 0 Å². The monoisotopic (exact) mass is 483 g/mol. The summed E-state index contributed by atoms with van der Waals surface area (Å²) >= 11 is 1.74. The van der Waals surface area contributed by atoms with E-state index >= 15 is 0 Å². The number of guanidine groups is 1. The molecule has 0 aliphatic heterocycles. The van der Waals surface area contributed by atoms with Crippen LogP contribution < -0.4 is 11.1 Å². The van der Waals surface area contributed by atoms with Crippen molar-refractivity contribution in [2.45, 2.75) is 19.3 Å². The molecule has 3 N–H and O–H groups in total. The van der Waals surface area contributed by atoms with Crippen LogP contribution in [-0.4, -0.2) is 29.2 Å². The van der Waals surface area contributed by atoms with E-state index in [0.29, 0.717) is 24.2 Å². The molecule has 26 heavy (non-hydrogen) atoms. The third-order valence-electron chi connectivity index (χ3n) is 3.69. The van der Waals surface area contributed by atoms with Gasteiger partial charge in [0.2, 0.25) is 11.7 Å². The summed E-state index contributed by atoms with van der Waals surface area (Å²) in [5.74, 6) is 1.59. The Hall–Kier alpha value is -1.94. The lowest BCUT2D eigenvalue weighted by Crippen LogP contribution is -2.33. The largest absolute Gasteiger partial charge is 0.370 e. The van der Waals surface area contributed by atoms with E-state index in [9.17, 15) is 0 Å². The van der Waals surface area contributed by atoms with Gasteiger partial charge in [-0.3, -0.25) is 4.99 Å². The summed E-state index contributed by atoms with van der Waals surface area (Å²) in [4.78, 5) is 10.1. The van der Waals surface area contributed by atoms with Gasteiger partial charge in [-0.05, 0) is 17.9 Å². The molecule has 0 saturated heterocycles. The molecule has 0 spiro atoms. The number of hydrogen-bond donors (Lipinski definition) is 2. The molecule has 0 saturated carbocycles. The van der Waals surface area contributed by atoms with Crippen LogP contribution in [0.3, 0.4) is 0 Å². The third kappa shape index (κ3) is 5.80. The molecule has 6 nitrogen and oxygen atoms in total. The summed E-state index contributed by atoms with van der Waals surface area (Å²) < 4.78 is 5.35. The molecule has 1 atom stereocenters. The number of aliphatic imine (C=N–C) groups is 1. The van der Waals surface area contributed by atoms with Gasteiger partial charge in [0.05, 0.1) is 12.5 Å². The number of nitrogens with zero attached hydrogens (tertiary/aromatic N) is 3. The van der Waals surface area contributed by atoms with E-state index in [-0.39, 0.29) is 29.9 Å². The predicted molar refractivity (Wildman–Crippen MR) is 116 cm³/mol. The van der Waals surface area contributed by atoms with Crippen molar-refractivity contribution in [1.82, 2.24) is 15.5 Å². The number of nitrogens with one attached hydrogen (secondary N) is 1. The van der Waals surface area contributed by atoms with Crippen molar-refractivity contribution in [3.05, 3.63) is 58.6 Å². The second-order valence-corrected chi connectivity index (χ2v) is 6.74. The van der Waals surface area contributed by atoms with Crippen molar-refractivity contribution in [3.8, 4) is 11.4 Å². The first-order valence-corrected chi connectivity index (χ1v) is 9.05. The molecule has 138 valence electrons. The lowest BCUT2D eigenvalue weighted by molar-refractivity contribution is 0.361.